The molecule has 1 fully saturated rings. The molecule has 1 saturated heterocycles. The number of benzene rings is 2. The highest BCUT2D eigenvalue weighted by molar-refractivity contribution is 5.89. The predicted octanol–water partition coefficient (Wildman–Crippen LogP) is 4.76. The minimum atomic E-state index is -0.849. The van der Waals surface area contributed by atoms with E-state index >= 15 is 0 Å². The molecule has 1 atom stereocenters. The number of aromatic nitrogens is 2. The van der Waals surface area contributed by atoms with Gasteiger partial charge >= 0.3 is 5.97 Å². The normalized spacial score (nSPS) is 17.0. The number of carbonyl (C=O) groups is 1. The first-order chi connectivity index (χ1) is 14.5. The molecule has 0 radical (unpaired) electrons. The van der Waals surface area contributed by atoms with Gasteiger partial charge < -0.3 is 14.6 Å². The molecular formula is C23H22FN3O3. The second-order valence-corrected chi connectivity index (χ2v) is 8.05. The first-order valence-corrected chi connectivity index (χ1v) is 10.1. The van der Waals surface area contributed by atoms with E-state index in [9.17, 15) is 14.3 Å². The van der Waals surface area contributed by atoms with Gasteiger partial charge in [0.1, 0.15) is 11.9 Å². The van der Waals surface area contributed by atoms with E-state index in [-0.39, 0.29) is 11.7 Å². The zero-order chi connectivity index (χ0) is 20.8. The number of H-pyrrole nitrogens is 1. The summed E-state index contributed by atoms with van der Waals surface area (Å²) >= 11 is 0. The smallest absolute Gasteiger partial charge is 0.325 e. The number of hydrogen-bond acceptors (Lipinski definition) is 4. The Morgan fingerprint density at radius 1 is 1.23 bits per heavy atom. The molecule has 0 spiro atoms. The third-order valence-corrected chi connectivity index (χ3v) is 6.14. The van der Waals surface area contributed by atoms with Crippen LogP contribution in [0.25, 0.3) is 21.9 Å². The van der Waals surface area contributed by atoms with Crippen molar-refractivity contribution in [3.05, 3.63) is 65.2 Å². The van der Waals surface area contributed by atoms with E-state index in [0.29, 0.717) is 18.7 Å². The summed E-state index contributed by atoms with van der Waals surface area (Å²) in [5.41, 5.74) is 4.12. The number of aryl methyl sites for hydroxylation is 1. The van der Waals surface area contributed by atoms with Crippen molar-refractivity contribution in [2.45, 2.75) is 31.7 Å². The number of piperidine rings is 1. The van der Waals surface area contributed by atoms with Crippen LogP contribution >= 0.6 is 0 Å². The van der Waals surface area contributed by atoms with Crippen LogP contribution in [0.4, 0.5) is 4.39 Å². The highest BCUT2D eigenvalue weighted by Crippen LogP contribution is 2.37. The van der Waals surface area contributed by atoms with E-state index in [2.05, 4.69) is 10.1 Å². The van der Waals surface area contributed by atoms with Crippen molar-refractivity contribution < 1.29 is 18.8 Å². The molecule has 0 unspecified atom stereocenters. The molecule has 2 N–H and O–H groups in total. The summed E-state index contributed by atoms with van der Waals surface area (Å²) in [6, 6.07) is 9.79. The number of hydrogen-bond donors (Lipinski definition) is 2. The van der Waals surface area contributed by atoms with Crippen LogP contribution in [0.3, 0.4) is 0 Å². The molecule has 1 aliphatic rings. The molecule has 2 aromatic carbocycles. The average Bonchev–Trinajstić information content (AvgIpc) is 3.32. The molecule has 0 bridgehead atoms. The second kappa shape index (κ2) is 7.25. The van der Waals surface area contributed by atoms with Crippen LogP contribution < -0.4 is 0 Å². The summed E-state index contributed by atoms with van der Waals surface area (Å²) in [6.07, 6.45) is 3.35. The van der Waals surface area contributed by atoms with Crippen molar-refractivity contribution in [2.75, 3.05) is 13.1 Å². The van der Waals surface area contributed by atoms with Crippen LogP contribution in [0, 0.1) is 12.7 Å². The van der Waals surface area contributed by atoms with E-state index in [1.807, 2.05) is 36.2 Å². The van der Waals surface area contributed by atoms with Gasteiger partial charge in [-0.3, -0.25) is 9.69 Å². The number of likely N-dealkylation sites (tertiary alicyclic amines) is 1. The monoisotopic (exact) mass is 407 g/mol. The Bertz CT molecular complexity index is 1240. The molecule has 4 aromatic rings. The molecule has 1 aliphatic heterocycles. The van der Waals surface area contributed by atoms with Crippen LogP contribution in [-0.2, 0) is 4.79 Å². The van der Waals surface area contributed by atoms with Gasteiger partial charge in [-0.25, -0.2) is 4.39 Å². The van der Waals surface area contributed by atoms with Gasteiger partial charge in [-0.2, -0.15) is 0 Å². The molecule has 0 aliphatic carbocycles. The van der Waals surface area contributed by atoms with E-state index in [1.54, 1.807) is 6.07 Å². The van der Waals surface area contributed by atoms with Crippen molar-refractivity contribution >= 4 is 27.8 Å². The molecule has 6 nitrogen and oxygen atoms in total. The summed E-state index contributed by atoms with van der Waals surface area (Å²) in [5.74, 6) is -1.04. The lowest BCUT2D eigenvalue weighted by Gasteiger charge is -2.35. The minimum Gasteiger partial charge on any atom is -0.480 e. The average molecular weight is 407 g/mol. The number of fused-ring (bicyclic) bond motifs is 2. The molecule has 5 rings (SSSR count). The number of carboxylic acids is 1. The number of nitrogens with zero attached hydrogens (tertiary/aromatic N) is 2. The van der Waals surface area contributed by atoms with Gasteiger partial charge in [-0.05, 0) is 57.1 Å². The number of aromatic amines is 1. The van der Waals surface area contributed by atoms with Crippen molar-refractivity contribution in [3.63, 3.8) is 0 Å². The SMILES string of the molecule is Cc1ccc2[nH]cc([C@H](C(=O)O)N3CCC(c4noc5cc(F)ccc45)CC3)c2c1. The van der Waals surface area contributed by atoms with Gasteiger partial charge in [-0.15, -0.1) is 0 Å². The summed E-state index contributed by atoms with van der Waals surface area (Å²) in [6.45, 7) is 3.27. The number of nitrogens with one attached hydrogen (secondary N) is 1. The Morgan fingerprint density at radius 2 is 2.03 bits per heavy atom. The van der Waals surface area contributed by atoms with Gasteiger partial charge in [0.15, 0.2) is 5.58 Å². The first kappa shape index (κ1) is 18.8. The Hall–Kier alpha value is -3.19. The Morgan fingerprint density at radius 3 is 2.80 bits per heavy atom. The summed E-state index contributed by atoms with van der Waals surface area (Å²) in [4.78, 5) is 17.4. The summed E-state index contributed by atoms with van der Waals surface area (Å²) in [5, 5.41) is 16.0. The Labute approximate surface area is 172 Å². The number of aliphatic carboxylic acids is 1. The fourth-order valence-electron chi connectivity index (χ4n) is 4.62. The molecule has 3 heterocycles. The van der Waals surface area contributed by atoms with Gasteiger partial charge in [0.05, 0.1) is 5.69 Å². The van der Waals surface area contributed by atoms with Crippen molar-refractivity contribution in [1.29, 1.82) is 0 Å². The van der Waals surface area contributed by atoms with Crippen LogP contribution in [0.2, 0.25) is 0 Å². The molecular weight excluding hydrogens is 385 g/mol. The third-order valence-electron chi connectivity index (χ3n) is 6.14. The maximum Gasteiger partial charge on any atom is 0.325 e. The highest BCUT2D eigenvalue weighted by atomic mass is 19.1. The summed E-state index contributed by atoms with van der Waals surface area (Å²) < 4.78 is 18.7. The molecule has 0 amide bonds. The number of rotatable bonds is 4. The number of halogens is 1. The van der Waals surface area contributed by atoms with Crippen LogP contribution in [-0.4, -0.2) is 39.2 Å². The molecule has 154 valence electrons. The van der Waals surface area contributed by atoms with Gasteiger partial charge in [0.2, 0.25) is 0 Å². The maximum absolute atomic E-state index is 13.4. The van der Waals surface area contributed by atoms with Gasteiger partial charge in [0.25, 0.3) is 0 Å². The zero-order valence-corrected chi connectivity index (χ0v) is 16.6. The molecule has 0 saturated carbocycles. The predicted molar refractivity (Wildman–Crippen MR) is 111 cm³/mol. The fraction of sp³-hybridized carbons (Fsp3) is 0.304. The molecule has 2 aromatic heterocycles. The van der Waals surface area contributed by atoms with E-state index in [1.165, 1.54) is 12.1 Å². The van der Waals surface area contributed by atoms with Crippen molar-refractivity contribution in [2.24, 2.45) is 0 Å². The Kier molecular flexibility index (Phi) is 4.55. The van der Waals surface area contributed by atoms with Crippen molar-refractivity contribution in [3.8, 4) is 0 Å². The Balaban J connectivity index is 1.40. The third kappa shape index (κ3) is 3.15. The van der Waals surface area contributed by atoms with Gasteiger partial charge in [0, 0.05) is 40.0 Å². The lowest BCUT2D eigenvalue weighted by atomic mass is 9.90. The maximum atomic E-state index is 13.4. The van der Waals surface area contributed by atoms with Crippen molar-refractivity contribution in [1.82, 2.24) is 15.0 Å². The van der Waals surface area contributed by atoms with Crippen LogP contribution in [0.1, 0.15) is 41.6 Å². The molecule has 7 heteroatoms. The largest absolute Gasteiger partial charge is 0.480 e. The van der Waals surface area contributed by atoms with Crippen LogP contribution in [0.15, 0.2) is 47.1 Å². The lowest BCUT2D eigenvalue weighted by molar-refractivity contribution is -0.144. The quantitative estimate of drug-likeness (QED) is 0.510. The van der Waals surface area contributed by atoms with Gasteiger partial charge in [-0.1, -0.05) is 16.8 Å². The minimum absolute atomic E-state index is 0.160. The first-order valence-electron chi connectivity index (χ1n) is 10.1. The lowest BCUT2D eigenvalue weighted by Crippen LogP contribution is -2.39. The molecule has 30 heavy (non-hydrogen) atoms. The standard InChI is InChI=1S/C23H22FN3O3/c1-13-2-5-19-17(10-13)18(12-25-19)22(23(28)29)27-8-6-14(7-9-27)21-16-4-3-15(24)11-20(16)30-26-21/h2-5,10-12,14,22,25H,6-9H2,1H3,(H,28,29)/t22-/m1/s1. The zero-order valence-electron chi connectivity index (χ0n) is 16.6. The second-order valence-electron chi connectivity index (χ2n) is 8.05. The fourth-order valence-corrected chi connectivity index (χ4v) is 4.62. The number of carboxylic acid groups (broad SMARTS) is 1. The van der Waals surface area contributed by atoms with Crippen LogP contribution in [0.5, 0.6) is 0 Å². The summed E-state index contributed by atoms with van der Waals surface area (Å²) in [7, 11) is 0. The van der Waals surface area contributed by atoms with E-state index in [4.69, 9.17) is 4.52 Å². The van der Waals surface area contributed by atoms with E-state index < -0.39 is 12.0 Å². The highest BCUT2D eigenvalue weighted by Gasteiger charge is 2.34. The topological polar surface area (TPSA) is 82.4 Å². The van der Waals surface area contributed by atoms with E-state index in [0.717, 1.165) is 46.0 Å².